The Bertz CT molecular complexity index is 1080. The SMILES string of the molecule is CN(c1nnc(-c2cc3ccc(O)cc3cc2O)s1)C1CC(C)(C)N(I)C(C)(C)C1. The number of piperidine rings is 1. The van der Waals surface area contributed by atoms with Crippen LogP contribution in [0, 0.1) is 0 Å². The molecule has 0 unspecified atom stereocenters. The number of phenols is 2. The van der Waals surface area contributed by atoms with E-state index in [4.69, 9.17) is 0 Å². The predicted molar refractivity (Wildman–Crippen MR) is 132 cm³/mol. The summed E-state index contributed by atoms with van der Waals surface area (Å²) in [6, 6.07) is 9.04. The molecule has 2 heterocycles. The summed E-state index contributed by atoms with van der Waals surface area (Å²) in [4.78, 5) is 2.24. The smallest absolute Gasteiger partial charge is 0.208 e. The molecule has 1 aliphatic rings. The Morgan fingerprint density at radius 2 is 1.70 bits per heavy atom. The van der Waals surface area contributed by atoms with Crippen LogP contribution in [0.3, 0.4) is 0 Å². The zero-order chi connectivity index (χ0) is 21.8. The largest absolute Gasteiger partial charge is 0.508 e. The molecular weight excluding hydrogens is 511 g/mol. The van der Waals surface area contributed by atoms with Gasteiger partial charge in [-0.3, -0.25) is 0 Å². The molecule has 1 aliphatic heterocycles. The van der Waals surface area contributed by atoms with E-state index in [9.17, 15) is 10.2 Å². The second kappa shape index (κ2) is 7.49. The summed E-state index contributed by atoms with van der Waals surface area (Å²) >= 11 is 3.95. The van der Waals surface area contributed by atoms with E-state index in [1.807, 2.05) is 12.1 Å². The number of rotatable bonds is 3. The molecule has 1 aromatic heterocycles. The maximum atomic E-state index is 10.6. The molecule has 1 saturated heterocycles. The van der Waals surface area contributed by atoms with Crippen molar-refractivity contribution in [2.24, 2.45) is 0 Å². The first-order valence-corrected chi connectivity index (χ1v) is 11.7. The molecule has 0 amide bonds. The fourth-order valence-electron chi connectivity index (χ4n) is 4.55. The maximum absolute atomic E-state index is 10.6. The maximum Gasteiger partial charge on any atom is 0.208 e. The van der Waals surface area contributed by atoms with Crippen LogP contribution in [0.4, 0.5) is 5.13 Å². The zero-order valence-corrected chi connectivity index (χ0v) is 20.8. The lowest BCUT2D eigenvalue weighted by atomic mass is 9.79. The topological polar surface area (TPSA) is 72.7 Å². The van der Waals surface area contributed by atoms with Crippen LogP contribution in [-0.4, -0.2) is 47.7 Å². The molecule has 0 radical (unpaired) electrons. The van der Waals surface area contributed by atoms with Gasteiger partial charge in [-0.05, 0) is 75.6 Å². The summed E-state index contributed by atoms with van der Waals surface area (Å²) in [5, 5.41) is 32.3. The van der Waals surface area contributed by atoms with Gasteiger partial charge >= 0.3 is 0 Å². The van der Waals surface area contributed by atoms with Crippen molar-refractivity contribution in [2.45, 2.75) is 57.7 Å². The number of hydrogen-bond acceptors (Lipinski definition) is 7. The summed E-state index contributed by atoms with van der Waals surface area (Å²) in [5.41, 5.74) is 0.821. The summed E-state index contributed by atoms with van der Waals surface area (Å²) in [6.45, 7) is 9.16. The van der Waals surface area contributed by atoms with Crippen molar-refractivity contribution in [1.82, 2.24) is 13.3 Å². The molecule has 2 N–H and O–H groups in total. The van der Waals surface area contributed by atoms with Gasteiger partial charge in [0.1, 0.15) is 11.5 Å². The van der Waals surface area contributed by atoms with Crippen LogP contribution >= 0.6 is 34.2 Å². The monoisotopic (exact) mass is 538 g/mol. The predicted octanol–water partition coefficient (Wildman–Crippen LogP) is 5.58. The first-order valence-electron chi connectivity index (χ1n) is 9.96. The second-order valence-electron chi connectivity index (χ2n) is 9.37. The summed E-state index contributed by atoms with van der Waals surface area (Å²) in [6.07, 6.45) is 2.07. The van der Waals surface area contributed by atoms with Crippen LogP contribution in [0.2, 0.25) is 0 Å². The zero-order valence-electron chi connectivity index (χ0n) is 17.8. The fraction of sp³-hybridized carbons (Fsp3) is 0.455. The van der Waals surface area contributed by atoms with E-state index in [0.717, 1.165) is 28.7 Å². The van der Waals surface area contributed by atoms with E-state index in [0.29, 0.717) is 16.6 Å². The van der Waals surface area contributed by atoms with Crippen molar-refractivity contribution < 1.29 is 10.2 Å². The molecule has 0 atom stereocenters. The van der Waals surface area contributed by atoms with Gasteiger partial charge in [0.15, 0.2) is 5.01 Å². The van der Waals surface area contributed by atoms with Gasteiger partial charge < -0.3 is 15.1 Å². The lowest BCUT2D eigenvalue weighted by molar-refractivity contribution is 0.0724. The summed E-state index contributed by atoms with van der Waals surface area (Å²) in [5.74, 6) is 0.316. The number of hydrogen-bond donors (Lipinski definition) is 2. The lowest BCUT2D eigenvalue weighted by Gasteiger charge is -2.53. The second-order valence-corrected chi connectivity index (χ2v) is 11.3. The number of halogens is 1. The minimum atomic E-state index is 0.0803. The molecule has 0 aliphatic carbocycles. The van der Waals surface area contributed by atoms with E-state index in [2.05, 4.69) is 75.8 Å². The van der Waals surface area contributed by atoms with Gasteiger partial charge in [-0.25, -0.2) is 3.11 Å². The summed E-state index contributed by atoms with van der Waals surface area (Å²) < 4.78 is 2.44. The molecule has 0 spiro atoms. The van der Waals surface area contributed by atoms with Gasteiger partial charge in [0.05, 0.1) is 5.56 Å². The molecular formula is C22H27IN4O2S. The van der Waals surface area contributed by atoms with Gasteiger partial charge in [0.25, 0.3) is 0 Å². The highest BCUT2D eigenvalue weighted by Crippen LogP contribution is 2.44. The van der Waals surface area contributed by atoms with Crippen LogP contribution in [0.25, 0.3) is 21.3 Å². The third kappa shape index (κ3) is 3.85. The molecule has 30 heavy (non-hydrogen) atoms. The van der Waals surface area contributed by atoms with Crippen molar-refractivity contribution >= 4 is 50.1 Å². The number of benzene rings is 2. The highest BCUT2D eigenvalue weighted by atomic mass is 127. The number of anilines is 1. The third-order valence-corrected chi connectivity index (χ3v) is 9.62. The highest BCUT2D eigenvalue weighted by molar-refractivity contribution is 14.1. The van der Waals surface area contributed by atoms with Crippen molar-refractivity contribution in [3.8, 4) is 22.1 Å². The van der Waals surface area contributed by atoms with E-state index >= 15 is 0 Å². The fourth-order valence-corrected chi connectivity index (χ4v) is 5.84. The lowest BCUT2D eigenvalue weighted by Crippen LogP contribution is -2.59. The Hall–Kier alpha value is -1.65. The van der Waals surface area contributed by atoms with Crippen LogP contribution in [0.1, 0.15) is 40.5 Å². The molecule has 6 nitrogen and oxygen atoms in total. The third-order valence-electron chi connectivity index (χ3n) is 5.97. The average molecular weight is 538 g/mol. The Balaban J connectivity index is 1.64. The summed E-state index contributed by atoms with van der Waals surface area (Å²) in [7, 11) is 2.09. The van der Waals surface area contributed by atoms with Crippen LogP contribution in [0.15, 0.2) is 30.3 Å². The molecule has 160 valence electrons. The highest BCUT2D eigenvalue weighted by Gasteiger charge is 2.45. The number of aromatic nitrogens is 2. The molecule has 0 saturated carbocycles. The first kappa shape index (κ1) is 21.6. The molecule has 4 rings (SSSR count). The molecule has 0 bridgehead atoms. The minimum Gasteiger partial charge on any atom is -0.508 e. The van der Waals surface area contributed by atoms with Gasteiger partial charge in [-0.2, -0.15) is 0 Å². The van der Waals surface area contributed by atoms with Gasteiger partial charge in [0.2, 0.25) is 5.13 Å². The van der Waals surface area contributed by atoms with Crippen molar-refractivity contribution in [1.29, 1.82) is 0 Å². The van der Waals surface area contributed by atoms with Gasteiger partial charge in [-0.15, -0.1) is 10.2 Å². The normalized spacial score (nSPS) is 19.3. The van der Waals surface area contributed by atoms with E-state index in [1.165, 1.54) is 11.3 Å². The Labute approximate surface area is 195 Å². The number of nitrogens with zero attached hydrogens (tertiary/aromatic N) is 4. The Morgan fingerprint density at radius 1 is 1.03 bits per heavy atom. The Kier molecular flexibility index (Phi) is 5.39. The van der Waals surface area contributed by atoms with Crippen molar-refractivity contribution in [2.75, 3.05) is 11.9 Å². The van der Waals surface area contributed by atoms with Crippen LogP contribution in [0.5, 0.6) is 11.5 Å². The minimum absolute atomic E-state index is 0.0803. The van der Waals surface area contributed by atoms with Crippen LogP contribution < -0.4 is 4.90 Å². The van der Waals surface area contributed by atoms with E-state index in [-0.39, 0.29) is 22.6 Å². The number of phenolic OH excluding ortho intramolecular Hbond substituents is 2. The van der Waals surface area contributed by atoms with E-state index in [1.54, 1.807) is 18.2 Å². The van der Waals surface area contributed by atoms with Gasteiger partial charge in [0, 0.05) is 47.0 Å². The quantitative estimate of drug-likeness (QED) is 0.335. The molecule has 1 fully saturated rings. The van der Waals surface area contributed by atoms with Gasteiger partial charge in [-0.1, -0.05) is 17.4 Å². The average Bonchev–Trinajstić information content (AvgIpc) is 3.14. The molecule has 8 heteroatoms. The Morgan fingerprint density at radius 3 is 2.37 bits per heavy atom. The van der Waals surface area contributed by atoms with Crippen molar-refractivity contribution in [3.63, 3.8) is 0 Å². The van der Waals surface area contributed by atoms with Crippen LogP contribution in [-0.2, 0) is 0 Å². The number of aromatic hydroxyl groups is 2. The molecule has 2 aromatic carbocycles. The van der Waals surface area contributed by atoms with E-state index < -0.39 is 0 Å². The first-order chi connectivity index (χ1) is 14.0. The molecule has 3 aromatic rings. The van der Waals surface area contributed by atoms with Crippen molar-refractivity contribution in [3.05, 3.63) is 30.3 Å². The standard InChI is InChI=1S/C22H27IN4O2S/c1-21(2)11-15(12-22(3,4)27(21)23)26(5)20-25-24-19(30-20)17-9-13-6-7-16(28)8-14(13)10-18(17)29/h6-10,15,28-29H,11-12H2,1-5H3. The number of fused-ring (bicyclic) bond motifs is 1.